The van der Waals surface area contributed by atoms with Gasteiger partial charge in [0.15, 0.2) is 11.2 Å². The van der Waals surface area contributed by atoms with Gasteiger partial charge in [-0.15, -0.1) is 0 Å². The van der Waals surface area contributed by atoms with Crippen molar-refractivity contribution < 1.29 is 8.83 Å². The Morgan fingerprint density at radius 2 is 0.800 bits per heavy atom. The maximum Gasteiger partial charge on any atom is 0.159 e. The predicted molar refractivity (Wildman–Crippen MR) is 314 cm³/mol. The van der Waals surface area contributed by atoms with Gasteiger partial charge < -0.3 is 18.6 Å². The Hall–Kier alpha value is -9.64. The Kier molecular flexibility index (Phi) is 9.58. The lowest BCUT2D eigenvalue weighted by Crippen LogP contribution is -2.24. The lowest BCUT2D eigenvalue weighted by atomic mass is 9.66. The first kappa shape index (κ1) is 43.0. The van der Waals surface area contributed by atoms with Gasteiger partial charge in [0.05, 0.1) is 11.4 Å². The lowest BCUT2D eigenvalue weighted by molar-refractivity contribution is 0.645. The first-order chi connectivity index (χ1) is 37.0. The molecule has 4 nitrogen and oxygen atoms in total. The van der Waals surface area contributed by atoms with Gasteiger partial charge in [-0.3, -0.25) is 0 Å². The SMILES string of the molecule is CC1(C)c2cc(-c3ccc(N(c4ccccc4)c4cccc5c4oc4ccccc45)cc3)ccc2-c2c(-c3ccccc3)c3ccc(N(c4ccccc4)c4cccc5c4oc4ccccc45)cc3c3cccc1c23. The molecule has 4 heteroatoms. The molecule has 0 spiro atoms. The number of fused-ring (bicyclic) bond motifs is 10. The summed E-state index contributed by atoms with van der Waals surface area (Å²) in [6.07, 6.45) is 0. The number of para-hydroxylation sites is 6. The molecule has 0 N–H and O–H groups in total. The molecule has 0 amide bonds. The summed E-state index contributed by atoms with van der Waals surface area (Å²) in [5.41, 5.74) is 19.4. The molecule has 0 saturated carbocycles. The van der Waals surface area contributed by atoms with E-state index in [2.05, 4.69) is 260 Å². The predicted octanol–water partition coefficient (Wildman–Crippen LogP) is 20.4. The van der Waals surface area contributed by atoms with Crippen LogP contribution in [0.15, 0.2) is 264 Å². The fraction of sp³-hybridized carbons (Fsp3) is 0.0423. The maximum atomic E-state index is 6.71. The molecule has 1 aliphatic carbocycles. The van der Waals surface area contributed by atoms with Gasteiger partial charge in [-0.2, -0.15) is 0 Å². The monoisotopic (exact) mass is 960 g/mol. The zero-order chi connectivity index (χ0) is 49.8. The minimum absolute atomic E-state index is 0.320. The Labute approximate surface area is 434 Å². The van der Waals surface area contributed by atoms with Crippen molar-refractivity contribution in [1.82, 2.24) is 0 Å². The summed E-state index contributed by atoms with van der Waals surface area (Å²) in [6.45, 7) is 4.81. The van der Waals surface area contributed by atoms with Gasteiger partial charge in [0.1, 0.15) is 11.2 Å². The third-order valence-corrected chi connectivity index (χ3v) is 15.8. The smallest absolute Gasteiger partial charge is 0.159 e. The third kappa shape index (κ3) is 6.63. The maximum absolute atomic E-state index is 6.71. The fourth-order valence-corrected chi connectivity index (χ4v) is 12.3. The summed E-state index contributed by atoms with van der Waals surface area (Å²) in [4.78, 5) is 4.66. The van der Waals surface area contributed by atoms with E-state index in [1.165, 1.54) is 60.5 Å². The molecule has 2 aromatic heterocycles. The molecule has 354 valence electrons. The van der Waals surface area contributed by atoms with Crippen LogP contribution in [0.25, 0.3) is 98.8 Å². The van der Waals surface area contributed by atoms with E-state index in [0.29, 0.717) is 0 Å². The normalized spacial score (nSPS) is 12.8. The molecule has 14 aromatic rings. The van der Waals surface area contributed by atoms with Gasteiger partial charge in [-0.1, -0.05) is 190 Å². The molecule has 2 heterocycles. The number of furan rings is 2. The molecule has 0 fully saturated rings. The van der Waals surface area contributed by atoms with Crippen LogP contribution in [0, 0.1) is 0 Å². The average Bonchev–Trinajstić information content (AvgIpc) is 4.05. The van der Waals surface area contributed by atoms with E-state index < -0.39 is 0 Å². The second-order valence-electron chi connectivity index (χ2n) is 20.4. The minimum atomic E-state index is -0.320. The molecular formula is C71H48N2O2. The Balaban J connectivity index is 0.893. The zero-order valence-corrected chi connectivity index (χ0v) is 41.5. The van der Waals surface area contributed by atoms with Gasteiger partial charge in [0, 0.05) is 49.7 Å². The molecule has 75 heavy (non-hydrogen) atoms. The summed E-state index contributed by atoms with van der Waals surface area (Å²) in [6, 6.07) is 92.0. The van der Waals surface area contributed by atoms with Gasteiger partial charge in [0.2, 0.25) is 0 Å². The van der Waals surface area contributed by atoms with E-state index in [9.17, 15) is 0 Å². The molecule has 1 aliphatic rings. The Morgan fingerprint density at radius 3 is 1.43 bits per heavy atom. The van der Waals surface area contributed by atoms with E-state index in [4.69, 9.17) is 8.83 Å². The van der Waals surface area contributed by atoms with E-state index in [1.54, 1.807) is 0 Å². The van der Waals surface area contributed by atoms with Gasteiger partial charge in [-0.05, 0) is 145 Å². The number of anilines is 6. The molecule has 0 saturated heterocycles. The second-order valence-corrected chi connectivity index (χ2v) is 20.4. The van der Waals surface area contributed by atoms with Gasteiger partial charge >= 0.3 is 0 Å². The molecule has 0 radical (unpaired) electrons. The number of hydrogen-bond acceptors (Lipinski definition) is 4. The molecule has 0 unspecified atom stereocenters. The van der Waals surface area contributed by atoms with Crippen molar-refractivity contribution in [3.05, 3.63) is 266 Å². The zero-order valence-electron chi connectivity index (χ0n) is 41.5. The van der Waals surface area contributed by atoms with Crippen LogP contribution < -0.4 is 9.80 Å². The largest absolute Gasteiger partial charge is 0.454 e. The third-order valence-electron chi connectivity index (χ3n) is 15.8. The quantitative estimate of drug-likeness (QED) is 0.142. The number of hydrogen-bond donors (Lipinski definition) is 0. The summed E-state index contributed by atoms with van der Waals surface area (Å²) in [7, 11) is 0. The summed E-state index contributed by atoms with van der Waals surface area (Å²) in [5.74, 6) is 0. The van der Waals surface area contributed by atoms with Crippen molar-refractivity contribution in [2.24, 2.45) is 0 Å². The first-order valence-electron chi connectivity index (χ1n) is 25.8. The Morgan fingerprint density at radius 1 is 0.307 bits per heavy atom. The van der Waals surface area contributed by atoms with Crippen molar-refractivity contribution in [3.8, 4) is 33.4 Å². The van der Waals surface area contributed by atoms with Crippen molar-refractivity contribution in [1.29, 1.82) is 0 Å². The second kappa shape index (κ2) is 16.7. The van der Waals surface area contributed by atoms with E-state index in [1.807, 2.05) is 18.2 Å². The van der Waals surface area contributed by atoms with Crippen LogP contribution in [-0.2, 0) is 5.41 Å². The molecule has 0 atom stereocenters. The molecular weight excluding hydrogens is 913 g/mol. The van der Waals surface area contributed by atoms with E-state index >= 15 is 0 Å². The molecule has 0 aliphatic heterocycles. The highest BCUT2D eigenvalue weighted by Gasteiger charge is 2.36. The van der Waals surface area contributed by atoms with Crippen molar-refractivity contribution in [3.63, 3.8) is 0 Å². The minimum Gasteiger partial charge on any atom is -0.454 e. The fourth-order valence-electron chi connectivity index (χ4n) is 12.3. The van der Waals surface area contributed by atoms with Crippen molar-refractivity contribution in [2.45, 2.75) is 19.3 Å². The van der Waals surface area contributed by atoms with E-state index in [0.717, 1.165) is 83.6 Å². The van der Waals surface area contributed by atoms with Crippen LogP contribution >= 0.6 is 0 Å². The number of rotatable bonds is 8. The van der Waals surface area contributed by atoms with E-state index in [-0.39, 0.29) is 5.41 Å². The van der Waals surface area contributed by atoms with Crippen LogP contribution in [0.1, 0.15) is 25.0 Å². The van der Waals surface area contributed by atoms with Crippen LogP contribution in [0.5, 0.6) is 0 Å². The molecule has 15 rings (SSSR count). The van der Waals surface area contributed by atoms with Crippen molar-refractivity contribution >= 4 is 99.5 Å². The standard InChI is InChI=1S/C71H48N2O2/c1-71(2)60-30-16-27-54-59-44-51(73(49-23-10-5-11-24-49)63-32-18-29-57-53-26-13-15-34-65(53)75-70(57)63)40-42-55(59)66(46-19-6-3-7-20-46)68(67(54)60)58-41-37-47(43-61(58)71)45-35-38-50(39-36-45)72(48-21-8-4-9-22-48)62-31-17-28-56-52-25-12-14-33-64(52)74-69(56)62/h3-44H,1-2H3. The lowest BCUT2D eigenvalue weighted by Gasteiger charge is -2.37. The van der Waals surface area contributed by atoms with Crippen LogP contribution in [0.2, 0.25) is 0 Å². The highest BCUT2D eigenvalue weighted by Crippen LogP contribution is 2.56. The van der Waals surface area contributed by atoms with Gasteiger partial charge in [0.25, 0.3) is 0 Å². The number of benzene rings is 12. The van der Waals surface area contributed by atoms with Crippen LogP contribution in [-0.4, -0.2) is 0 Å². The highest BCUT2D eigenvalue weighted by molar-refractivity contribution is 6.25. The molecule has 12 aromatic carbocycles. The van der Waals surface area contributed by atoms with Gasteiger partial charge in [-0.25, -0.2) is 0 Å². The first-order valence-corrected chi connectivity index (χ1v) is 25.8. The Bertz CT molecular complexity index is 4550. The van der Waals surface area contributed by atoms with Crippen molar-refractivity contribution in [2.75, 3.05) is 9.80 Å². The average molecular weight is 961 g/mol. The topological polar surface area (TPSA) is 32.8 Å². The summed E-state index contributed by atoms with van der Waals surface area (Å²) >= 11 is 0. The molecule has 0 bridgehead atoms. The van der Waals surface area contributed by atoms with Crippen LogP contribution in [0.4, 0.5) is 34.1 Å². The highest BCUT2D eigenvalue weighted by atomic mass is 16.3. The summed E-state index contributed by atoms with van der Waals surface area (Å²) in [5, 5.41) is 9.40. The summed E-state index contributed by atoms with van der Waals surface area (Å²) < 4.78 is 13.3. The number of nitrogens with zero attached hydrogens (tertiary/aromatic N) is 2. The van der Waals surface area contributed by atoms with Crippen LogP contribution in [0.3, 0.4) is 0 Å².